The van der Waals surface area contributed by atoms with Crippen LogP contribution in [0.4, 0.5) is 0 Å². The zero-order chi connectivity index (χ0) is 14.1. The second-order valence-electron chi connectivity index (χ2n) is 5.54. The molecule has 0 atom stereocenters. The van der Waals surface area contributed by atoms with Gasteiger partial charge in [-0.25, -0.2) is 0 Å². The molecule has 0 spiro atoms. The molecular weight excluding hydrogens is 238 g/mol. The van der Waals surface area contributed by atoms with Crippen molar-refractivity contribution in [3.63, 3.8) is 0 Å². The van der Waals surface area contributed by atoms with E-state index in [9.17, 15) is 0 Å². The van der Waals surface area contributed by atoms with Crippen LogP contribution in [0.2, 0.25) is 0 Å². The van der Waals surface area contributed by atoms with Gasteiger partial charge in [0.2, 0.25) is 0 Å². The van der Waals surface area contributed by atoms with E-state index in [1.807, 2.05) is 19.1 Å². The Morgan fingerprint density at radius 2 is 1.74 bits per heavy atom. The first-order valence-corrected chi connectivity index (χ1v) is 7.06. The molecule has 0 aliphatic carbocycles. The molecule has 0 unspecified atom stereocenters. The quantitative estimate of drug-likeness (QED) is 0.733. The van der Waals surface area contributed by atoms with E-state index in [1.54, 1.807) is 0 Å². The fraction of sp³-hybridized carbons (Fsp3) is 0.625. The van der Waals surface area contributed by atoms with Gasteiger partial charge in [0.05, 0.1) is 6.61 Å². The van der Waals surface area contributed by atoms with Gasteiger partial charge in [0.15, 0.2) is 0 Å². The van der Waals surface area contributed by atoms with Crippen molar-refractivity contribution in [3.05, 3.63) is 29.8 Å². The molecule has 0 amide bonds. The van der Waals surface area contributed by atoms with Crippen molar-refractivity contribution in [1.29, 1.82) is 0 Å². The van der Waals surface area contributed by atoms with E-state index in [2.05, 4.69) is 38.2 Å². The standard InChI is InChI=1S/C16H27NO2/c1-5-18-12-10-17-11-13-19-15-9-7-6-8-14(15)16(2,3)4/h6-9,17H,5,10-13H2,1-4H3. The van der Waals surface area contributed by atoms with E-state index in [0.717, 1.165) is 32.1 Å². The minimum Gasteiger partial charge on any atom is -0.492 e. The van der Waals surface area contributed by atoms with E-state index >= 15 is 0 Å². The van der Waals surface area contributed by atoms with Crippen LogP contribution in [0.5, 0.6) is 5.75 Å². The molecule has 3 nitrogen and oxygen atoms in total. The molecule has 1 rings (SSSR count). The Morgan fingerprint density at radius 3 is 2.42 bits per heavy atom. The summed E-state index contributed by atoms with van der Waals surface area (Å²) in [6.07, 6.45) is 0. The number of hydrogen-bond donors (Lipinski definition) is 1. The summed E-state index contributed by atoms with van der Waals surface area (Å²) in [5.41, 5.74) is 1.36. The maximum Gasteiger partial charge on any atom is 0.123 e. The van der Waals surface area contributed by atoms with Gasteiger partial charge in [0, 0.05) is 19.7 Å². The van der Waals surface area contributed by atoms with Crippen molar-refractivity contribution in [3.8, 4) is 5.75 Å². The maximum atomic E-state index is 5.87. The average Bonchev–Trinajstić information content (AvgIpc) is 2.37. The average molecular weight is 265 g/mol. The molecule has 1 aromatic rings. The number of nitrogens with one attached hydrogen (secondary N) is 1. The Labute approximate surface area is 117 Å². The highest BCUT2D eigenvalue weighted by Gasteiger charge is 2.17. The van der Waals surface area contributed by atoms with E-state index in [1.165, 1.54) is 5.56 Å². The second kappa shape index (κ2) is 8.18. The zero-order valence-corrected chi connectivity index (χ0v) is 12.7. The van der Waals surface area contributed by atoms with E-state index < -0.39 is 0 Å². The SMILES string of the molecule is CCOCCNCCOc1ccccc1C(C)(C)C. The lowest BCUT2D eigenvalue weighted by atomic mass is 9.86. The van der Waals surface area contributed by atoms with Crippen molar-refractivity contribution in [2.45, 2.75) is 33.1 Å². The van der Waals surface area contributed by atoms with E-state index in [4.69, 9.17) is 9.47 Å². The van der Waals surface area contributed by atoms with Gasteiger partial charge in [0.1, 0.15) is 12.4 Å². The van der Waals surface area contributed by atoms with Gasteiger partial charge in [-0.05, 0) is 24.0 Å². The molecule has 0 aliphatic rings. The summed E-state index contributed by atoms with van der Waals surface area (Å²) < 4.78 is 11.1. The highest BCUT2D eigenvalue weighted by Crippen LogP contribution is 2.30. The Balaban J connectivity index is 2.33. The molecular formula is C16H27NO2. The van der Waals surface area contributed by atoms with Crippen molar-refractivity contribution in [2.75, 3.05) is 32.9 Å². The first kappa shape index (κ1) is 16.0. The molecule has 0 fully saturated rings. The number of para-hydroxylation sites is 1. The van der Waals surface area contributed by atoms with Gasteiger partial charge in [-0.2, -0.15) is 0 Å². The molecule has 3 heteroatoms. The van der Waals surface area contributed by atoms with Crippen LogP contribution in [0.15, 0.2) is 24.3 Å². The summed E-state index contributed by atoms with van der Waals surface area (Å²) in [5.74, 6) is 0.988. The van der Waals surface area contributed by atoms with Crippen LogP contribution in [0.3, 0.4) is 0 Å². The van der Waals surface area contributed by atoms with Crippen LogP contribution in [-0.4, -0.2) is 32.9 Å². The number of benzene rings is 1. The van der Waals surface area contributed by atoms with Crippen molar-refractivity contribution >= 4 is 0 Å². The van der Waals surface area contributed by atoms with Crippen LogP contribution in [0, 0.1) is 0 Å². The van der Waals surface area contributed by atoms with Gasteiger partial charge in [-0.1, -0.05) is 39.0 Å². The van der Waals surface area contributed by atoms with Gasteiger partial charge in [0.25, 0.3) is 0 Å². The van der Waals surface area contributed by atoms with E-state index in [-0.39, 0.29) is 5.41 Å². The Kier molecular flexibility index (Phi) is 6.89. The van der Waals surface area contributed by atoms with Crippen molar-refractivity contribution in [1.82, 2.24) is 5.32 Å². The van der Waals surface area contributed by atoms with Crippen LogP contribution < -0.4 is 10.1 Å². The highest BCUT2D eigenvalue weighted by atomic mass is 16.5. The smallest absolute Gasteiger partial charge is 0.123 e. The van der Waals surface area contributed by atoms with Crippen LogP contribution in [0.1, 0.15) is 33.3 Å². The molecule has 1 aromatic carbocycles. The lowest BCUT2D eigenvalue weighted by Gasteiger charge is -2.22. The monoisotopic (exact) mass is 265 g/mol. The van der Waals surface area contributed by atoms with Gasteiger partial charge < -0.3 is 14.8 Å². The van der Waals surface area contributed by atoms with Crippen molar-refractivity contribution < 1.29 is 9.47 Å². The molecule has 0 saturated carbocycles. The third-order valence-corrected chi connectivity index (χ3v) is 2.86. The first-order chi connectivity index (χ1) is 9.05. The van der Waals surface area contributed by atoms with Gasteiger partial charge >= 0.3 is 0 Å². The normalized spacial score (nSPS) is 11.6. The molecule has 0 bridgehead atoms. The first-order valence-electron chi connectivity index (χ1n) is 7.06. The second-order valence-corrected chi connectivity index (χ2v) is 5.54. The fourth-order valence-corrected chi connectivity index (χ4v) is 1.86. The Bertz CT molecular complexity index is 358. The van der Waals surface area contributed by atoms with Crippen molar-refractivity contribution in [2.24, 2.45) is 0 Å². The van der Waals surface area contributed by atoms with Crippen LogP contribution >= 0.6 is 0 Å². The lowest BCUT2D eigenvalue weighted by Crippen LogP contribution is -2.25. The summed E-state index contributed by atoms with van der Waals surface area (Å²) in [7, 11) is 0. The molecule has 0 saturated heterocycles. The third kappa shape index (κ3) is 6.08. The van der Waals surface area contributed by atoms with E-state index in [0.29, 0.717) is 6.61 Å². The van der Waals surface area contributed by atoms with Gasteiger partial charge in [-0.3, -0.25) is 0 Å². The molecule has 0 aromatic heterocycles. The maximum absolute atomic E-state index is 5.87. The summed E-state index contributed by atoms with van der Waals surface area (Å²) in [6, 6.07) is 8.26. The Morgan fingerprint density at radius 1 is 1.05 bits per heavy atom. The minimum absolute atomic E-state index is 0.110. The lowest BCUT2D eigenvalue weighted by molar-refractivity contribution is 0.148. The third-order valence-electron chi connectivity index (χ3n) is 2.86. The zero-order valence-electron chi connectivity index (χ0n) is 12.7. The van der Waals surface area contributed by atoms with Crippen LogP contribution in [0.25, 0.3) is 0 Å². The summed E-state index contributed by atoms with van der Waals surface area (Å²) in [6.45, 7) is 12.5. The highest BCUT2D eigenvalue weighted by molar-refractivity contribution is 5.38. The molecule has 0 radical (unpaired) electrons. The largest absolute Gasteiger partial charge is 0.492 e. The number of ether oxygens (including phenoxy) is 2. The predicted octanol–water partition coefficient (Wildman–Crippen LogP) is 2.99. The summed E-state index contributed by atoms with van der Waals surface area (Å²) in [5, 5.41) is 3.30. The summed E-state index contributed by atoms with van der Waals surface area (Å²) in [4.78, 5) is 0. The van der Waals surface area contributed by atoms with Crippen LogP contribution in [-0.2, 0) is 10.2 Å². The minimum atomic E-state index is 0.110. The van der Waals surface area contributed by atoms with Gasteiger partial charge in [-0.15, -0.1) is 0 Å². The molecule has 108 valence electrons. The summed E-state index contributed by atoms with van der Waals surface area (Å²) >= 11 is 0. The topological polar surface area (TPSA) is 30.5 Å². The molecule has 19 heavy (non-hydrogen) atoms. The fourth-order valence-electron chi connectivity index (χ4n) is 1.86. The molecule has 1 N–H and O–H groups in total. The number of hydrogen-bond acceptors (Lipinski definition) is 3. The predicted molar refractivity (Wildman–Crippen MR) is 80.0 cm³/mol. The molecule has 0 heterocycles. The number of rotatable bonds is 8. The Hall–Kier alpha value is -1.06. The molecule has 0 aliphatic heterocycles.